The molecule has 3 aromatic heterocycles. The highest BCUT2D eigenvalue weighted by molar-refractivity contribution is 5.99. The number of carbonyl (C=O) groups is 2. The van der Waals surface area contributed by atoms with Gasteiger partial charge < -0.3 is 10.0 Å². The molecule has 10 heteroatoms. The monoisotopic (exact) mass is 560 g/mol. The summed E-state index contributed by atoms with van der Waals surface area (Å²) in [6, 6.07) is 4.18. The van der Waals surface area contributed by atoms with Crippen molar-refractivity contribution in [3.05, 3.63) is 57.5 Å². The van der Waals surface area contributed by atoms with Gasteiger partial charge in [-0.15, -0.1) is 0 Å². The lowest BCUT2D eigenvalue weighted by Gasteiger charge is -2.36. The molecule has 10 nitrogen and oxygen atoms in total. The number of anilines is 1. The van der Waals surface area contributed by atoms with Crippen LogP contribution in [0.5, 0.6) is 0 Å². The maximum absolute atomic E-state index is 13.5. The molecule has 1 aliphatic carbocycles. The molecule has 0 radical (unpaired) electrons. The predicted molar refractivity (Wildman–Crippen MR) is 158 cm³/mol. The Morgan fingerprint density at radius 3 is 2.41 bits per heavy atom. The number of unbranched alkanes of at least 4 members (excludes halogenated alkanes) is 2. The minimum atomic E-state index is -0.715. The van der Waals surface area contributed by atoms with Gasteiger partial charge in [-0.2, -0.15) is 0 Å². The van der Waals surface area contributed by atoms with Gasteiger partial charge in [-0.05, 0) is 63.8 Å². The Hall–Kier alpha value is -3.66. The number of piperazine rings is 1. The molecule has 3 aromatic rings. The van der Waals surface area contributed by atoms with Gasteiger partial charge in [-0.25, -0.2) is 9.97 Å². The molecule has 0 unspecified atom stereocenters. The second-order valence-electron chi connectivity index (χ2n) is 11.4. The van der Waals surface area contributed by atoms with E-state index in [0.29, 0.717) is 23.5 Å². The highest BCUT2D eigenvalue weighted by Crippen LogP contribution is 2.31. The minimum Gasteiger partial charge on any atom is -0.481 e. The average molecular weight is 561 g/mol. The Balaban J connectivity index is 1.25. The summed E-state index contributed by atoms with van der Waals surface area (Å²) in [5.74, 6) is -0.326. The number of Topliss-reactive ketones (excluding diaryl/α,β-unsaturated/α-hetero) is 1. The van der Waals surface area contributed by atoms with Gasteiger partial charge >= 0.3 is 5.97 Å². The molecule has 41 heavy (non-hydrogen) atoms. The third-order valence-electron chi connectivity index (χ3n) is 8.55. The van der Waals surface area contributed by atoms with Gasteiger partial charge in [0, 0.05) is 55.9 Å². The van der Waals surface area contributed by atoms with Crippen LogP contribution in [0.2, 0.25) is 0 Å². The number of aromatic nitrogens is 4. The SMILES string of the molecule is CC(=O)c1c(C)c2cnc(Cc3ccc(N4CCN(CCCCCC(=O)O)CC4)cn3)nc2n(C2CCCC2)c1=O. The fourth-order valence-corrected chi connectivity index (χ4v) is 6.26. The molecule has 0 aromatic carbocycles. The maximum atomic E-state index is 13.5. The van der Waals surface area contributed by atoms with Crippen LogP contribution in [-0.2, 0) is 11.2 Å². The summed E-state index contributed by atoms with van der Waals surface area (Å²) < 4.78 is 1.75. The second-order valence-corrected chi connectivity index (χ2v) is 11.4. The molecular formula is C31H40N6O4. The van der Waals surface area contributed by atoms with E-state index in [1.54, 1.807) is 10.8 Å². The number of pyridine rings is 2. The molecule has 0 amide bonds. The maximum Gasteiger partial charge on any atom is 0.303 e. The van der Waals surface area contributed by atoms with Crippen LogP contribution in [0.25, 0.3) is 11.0 Å². The Kier molecular flexibility index (Phi) is 9.07. The summed E-state index contributed by atoms with van der Waals surface area (Å²) >= 11 is 0. The van der Waals surface area contributed by atoms with Crippen LogP contribution < -0.4 is 10.5 Å². The number of carboxylic acid groups (broad SMARTS) is 1. The number of hydrogen-bond donors (Lipinski definition) is 1. The van der Waals surface area contributed by atoms with Gasteiger partial charge in [0.15, 0.2) is 5.78 Å². The molecule has 218 valence electrons. The molecule has 2 fully saturated rings. The number of aryl methyl sites for hydroxylation is 1. The van der Waals surface area contributed by atoms with Crippen molar-refractivity contribution in [3.63, 3.8) is 0 Å². The lowest BCUT2D eigenvalue weighted by atomic mass is 10.0. The lowest BCUT2D eigenvalue weighted by molar-refractivity contribution is -0.137. The third-order valence-corrected chi connectivity index (χ3v) is 8.55. The van der Waals surface area contributed by atoms with E-state index in [4.69, 9.17) is 15.1 Å². The van der Waals surface area contributed by atoms with E-state index in [2.05, 4.69) is 20.9 Å². The molecule has 1 aliphatic heterocycles. The standard InChI is InChI=1S/C31H40N6O4/c1-21-26-20-33-27(34-30(26)37(24-8-5-6-9-24)31(41)29(21)22(2)38)18-23-11-12-25(19-32-23)36-16-14-35(15-17-36)13-7-3-4-10-28(39)40/h11-12,19-20,24H,3-10,13-18H2,1-2H3,(H,39,40). The van der Waals surface area contributed by atoms with Crippen LogP contribution in [-0.4, -0.2) is 74.0 Å². The first kappa shape index (κ1) is 28.9. The van der Waals surface area contributed by atoms with Gasteiger partial charge in [-0.3, -0.25) is 28.8 Å². The van der Waals surface area contributed by atoms with E-state index in [9.17, 15) is 14.4 Å². The van der Waals surface area contributed by atoms with Crippen molar-refractivity contribution >= 4 is 28.5 Å². The fraction of sp³-hybridized carbons (Fsp3) is 0.548. The smallest absolute Gasteiger partial charge is 0.303 e. The summed E-state index contributed by atoms with van der Waals surface area (Å²) in [7, 11) is 0. The number of nitrogens with zero attached hydrogens (tertiary/aromatic N) is 6. The van der Waals surface area contributed by atoms with Gasteiger partial charge in [-0.1, -0.05) is 19.3 Å². The first-order chi connectivity index (χ1) is 19.8. The van der Waals surface area contributed by atoms with Crippen molar-refractivity contribution in [3.8, 4) is 0 Å². The quantitative estimate of drug-likeness (QED) is 0.272. The molecule has 5 rings (SSSR count). The molecule has 0 spiro atoms. The van der Waals surface area contributed by atoms with E-state index in [1.165, 1.54) is 6.92 Å². The van der Waals surface area contributed by atoms with Crippen LogP contribution in [0.1, 0.15) is 91.8 Å². The summed E-state index contributed by atoms with van der Waals surface area (Å²) in [6.45, 7) is 8.12. The van der Waals surface area contributed by atoms with E-state index in [-0.39, 0.29) is 29.4 Å². The molecule has 1 saturated carbocycles. The molecule has 0 bridgehead atoms. The second kappa shape index (κ2) is 12.9. The zero-order chi connectivity index (χ0) is 28.9. The Morgan fingerprint density at radius 2 is 1.76 bits per heavy atom. The number of ketones is 1. The van der Waals surface area contributed by atoms with Crippen molar-refractivity contribution in [2.45, 2.75) is 77.7 Å². The first-order valence-electron chi connectivity index (χ1n) is 14.9. The van der Waals surface area contributed by atoms with Crippen LogP contribution >= 0.6 is 0 Å². The van der Waals surface area contributed by atoms with Crippen molar-refractivity contribution in [1.29, 1.82) is 0 Å². The normalized spacial score (nSPS) is 16.5. The number of fused-ring (bicyclic) bond motifs is 1. The Labute approximate surface area is 240 Å². The summed E-state index contributed by atoms with van der Waals surface area (Å²) in [5, 5.41) is 9.53. The number of carbonyl (C=O) groups excluding carboxylic acids is 1. The zero-order valence-electron chi connectivity index (χ0n) is 24.1. The number of hydrogen-bond acceptors (Lipinski definition) is 8. The van der Waals surface area contributed by atoms with Crippen LogP contribution in [0.4, 0.5) is 5.69 Å². The molecule has 1 saturated heterocycles. The molecule has 2 aliphatic rings. The Morgan fingerprint density at radius 1 is 1.00 bits per heavy atom. The predicted octanol–water partition coefficient (Wildman–Crippen LogP) is 4.17. The number of carboxylic acids is 1. The van der Waals surface area contributed by atoms with E-state index in [1.807, 2.05) is 19.2 Å². The number of rotatable bonds is 11. The molecule has 1 N–H and O–H groups in total. The van der Waals surface area contributed by atoms with E-state index >= 15 is 0 Å². The molecule has 0 atom stereocenters. The topological polar surface area (TPSA) is 122 Å². The molecule has 4 heterocycles. The van der Waals surface area contributed by atoms with E-state index < -0.39 is 5.97 Å². The van der Waals surface area contributed by atoms with Crippen molar-refractivity contribution in [2.24, 2.45) is 0 Å². The lowest BCUT2D eigenvalue weighted by Crippen LogP contribution is -2.46. The highest BCUT2D eigenvalue weighted by atomic mass is 16.4. The highest BCUT2D eigenvalue weighted by Gasteiger charge is 2.26. The summed E-state index contributed by atoms with van der Waals surface area (Å²) in [4.78, 5) is 55.4. The van der Waals surface area contributed by atoms with Crippen molar-refractivity contribution in [1.82, 2.24) is 24.4 Å². The summed E-state index contributed by atoms with van der Waals surface area (Å²) in [5.41, 5.74) is 3.23. The zero-order valence-corrected chi connectivity index (χ0v) is 24.1. The van der Waals surface area contributed by atoms with Crippen LogP contribution in [0, 0.1) is 6.92 Å². The van der Waals surface area contributed by atoms with Gasteiger partial charge in [0.2, 0.25) is 0 Å². The Bertz CT molecular complexity index is 1450. The van der Waals surface area contributed by atoms with Crippen molar-refractivity contribution < 1.29 is 14.7 Å². The van der Waals surface area contributed by atoms with Crippen LogP contribution in [0.3, 0.4) is 0 Å². The first-order valence-corrected chi connectivity index (χ1v) is 14.9. The number of aliphatic carboxylic acids is 1. The van der Waals surface area contributed by atoms with Gasteiger partial charge in [0.25, 0.3) is 5.56 Å². The minimum absolute atomic E-state index is 0.0567. The molecular weight excluding hydrogens is 520 g/mol. The van der Waals surface area contributed by atoms with Crippen LogP contribution in [0.15, 0.2) is 29.3 Å². The van der Waals surface area contributed by atoms with E-state index in [0.717, 1.165) is 94.4 Å². The van der Waals surface area contributed by atoms with Crippen molar-refractivity contribution in [2.75, 3.05) is 37.6 Å². The summed E-state index contributed by atoms with van der Waals surface area (Å²) in [6.07, 6.45) is 11.1. The average Bonchev–Trinajstić information content (AvgIpc) is 3.48. The van der Waals surface area contributed by atoms with Gasteiger partial charge in [0.1, 0.15) is 11.5 Å². The van der Waals surface area contributed by atoms with Gasteiger partial charge in [0.05, 0.1) is 23.9 Å². The third kappa shape index (κ3) is 6.64. The largest absolute Gasteiger partial charge is 0.481 e. The fourth-order valence-electron chi connectivity index (χ4n) is 6.26.